The van der Waals surface area contributed by atoms with Gasteiger partial charge in [-0.1, -0.05) is 26.0 Å². The number of carbonyl (C=O) groups excluding carboxylic acids is 1. The maximum atomic E-state index is 12.5. The van der Waals surface area contributed by atoms with Gasteiger partial charge in [-0.3, -0.25) is 4.79 Å². The van der Waals surface area contributed by atoms with Crippen molar-refractivity contribution in [2.75, 3.05) is 25.0 Å². The van der Waals surface area contributed by atoms with Gasteiger partial charge >= 0.3 is 0 Å². The summed E-state index contributed by atoms with van der Waals surface area (Å²) >= 11 is 0. The molecule has 146 valence electrons. The van der Waals surface area contributed by atoms with Gasteiger partial charge in [0.2, 0.25) is 10.0 Å². The predicted octanol–water partition coefficient (Wildman–Crippen LogP) is 3.35. The lowest BCUT2D eigenvalue weighted by Crippen LogP contribution is -2.30. The number of nitrogens with zero attached hydrogens (tertiary/aromatic N) is 1. The first kappa shape index (κ1) is 20.9. The number of ether oxygens (including phenoxy) is 1. The van der Waals surface area contributed by atoms with E-state index in [1.807, 2.05) is 32.0 Å². The Morgan fingerprint density at radius 1 is 1.04 bits per heavy atom. The van der Waals surface area contributed by atoms with Crippen LogP contribution in [0.5, 0.6) is 5.75 Å². The summed E-state index contributed by atoms with van der Waals surface area (Å²) in [4.78, 5) is 12.3. The molecule has 0 aliphatic heterocycles. The van der Waals surface area contributed by atoms with Gasteiger partial charge in [0, 0.05) is 18.8 Å². The number of sulfonamides is 1. The number of carbonyl (C=O) groups is 1. The van der Waals surface area contributed by atoms with Crippen molar-refractivity contribution in [1.29, 1.82) is 0 Å². The summed E-state index contributed by atoms with van der Waals surface area (Å²) in [7, 11) is -3.51. The van der Waals surface area contributed by atoms with Gasteiger partial charge in [-0.2, -0.15) is 4.31 Å². The molecule has 2 aromatic carbocycles. The van der Waals surface area contributed by atoms with E-state index < -0.39 is 10.0 Å². The summed E-state index contributed by atoms with van der Waals surface area (Å²) in [5, 5.41) is 2.71. The average Bonchev–Trinajstić information content (AvgIpc) is 2.63. The second kappa shape index (κ2) is 9.01. The van der Waals surface area contributed by atoms with Crippen molar-refractivity contribution >= 4 is 21.6 Å². The molecule has 2 aromatic rings. The summed E-state index contributed by atoms with van der Waals surface area (Å²) in [6.45, 7) is 8.17. The summed E-state index contributed by atoms with van der Waals surface area (Å²) < 4.78 is 31.9. The molecule has 0 radical (unpaired) electrons. The van der Waals surface area contributed by atoms with Crippen LogP contribution >= 0.6 is 0 Å². The fourth-order valence-corrected chi connectivity index (χ4v) is 4.08. The number of nitrogens with one attached hydrogen (secondary N) is 1. The fourth-order valence-electron chi connectivity index (χ4n) is 2.63. The molecule has 0 fully saturated rings. The molecule has 6 nitrogen and oxygen atoms in total. The molecule has 27 heavy (non-hydrogen) atoms. The van der Waals surface area contributed by atoms with Crippen LogP contribution in [0.3, 0.4) is 0 Å². The van der Waals surface area contributed by atoms with Crippen LogP contribution in [-0.4, -0.2) is 38.3 Å². The lowest BCUT2D eigenvalue weighted by molar-refractivity contribution is -0.118. The zero-order chi connectivity index (χ0) is 20.0. The topological polar surface area (TPSA) is 75.7 Å². The monoisotopic (exact) mass is 390 g/mol. The molecule has 0 saturated heterocycles. The maximum absolute atomic E-state index is 12.5. The molecule has 0 heterocycles. The van der Waals surface area contributed by atoms with Gasteiger partial charge in [0.15, 0.2) is 6.61 Å². The van der Waals surface area contributed by atoms with Gasteiger partial charge in [-0.15, -0.1) is 0 Å². The van der Waals surface area contributed by atoms with Crippen LogP contribution in [0.1, 0.15) is 25.0 Å². The number of hydrogen-bond donors (Lipinski definition) is 1. The second-order valence-corrected chi connectivity index (χ2v) is 8.16. The van der Waals surface area contributed by atoms with E-state index >= 15 is 0 Å². The van der Waals surface area contributed by atoms with Crippen molar-refractivity contribution in [2.24, 2.45) is 0 Å². The highest BCUT2D eigenvalue weighted by molar-refractivity contribution is 7.89. The van der Waals surface area contributed by atoms with E-state index in [-0.39, 0.29) is 17.4 Å². The zero-order valence-corrected chi connectivity index (χ0v) is 17.0. The normalized spacial score (nSPS) is 11.4. The van der Waals surface area contributed by atoms with E-state index in [1.54, 1.807) is 26.0 Å². The average molecular weight is 391 g/mol. The Morgan fingerprint density at radius 2 is 1.67 bits per heavy atom. The highest BCUT2D eigenvalue weighted by atomic mass is 32.2. The van der Waals surface area contributed by atoms with Crippen LogP contribution in [0.25, 0.3) is 0 Å². The van der Waals surface area contributed by atoms with Crippen molar-refractivity contribution in [2.45, 2.75) is 32.6 Å². The summed E-state index contributed by atoms with van der Waals surface area (Å²) in [5.74, 6) is 0.362. The van der Waals surface area contributed by atoms with E-state index in [4.69, 9.17) is 4.74 Å². The van der Waals surface area contributed by atoms with E-state index in [0.717, 1.165) is 11.1 Å². The number of hydrogen-bond acceptors (Lipinski definition) is 4. The van der Waals surface area contributed by atoms with Crippen LogP contribution in [0.2, 0.25) is 0 Å². The van der Waals surface area contributed by atoms with Crippen LogP contribution < -0.4 is 10.1 Å². The lowest BCUT2D eigenvalue weighted by Gasteiger charge is -2.18. The van der Waals surface area contributed by atoms with Gasteiger partial charge in [0.05, 0.1) is 4.90 Å². The fraction of sp³-hybridized carbons (Fsp3) is 0.350. The lowest BCUT2D eigenvalue weighted by atomic mass is 10.1. The van der Waals surface area contributed by atoms with Gasteiger partial charge in [0.25, 0.3) is 5.91 Å². The van der Waals surface area contributed by atoms with Crippen LogP contribution in [-0.2, 0) is 14.8 Å². The molecule has 0 aromatic heterocycles. The van der Waals surface area contributed by atoms with E-state index in [1.165, 1.54) is 16.4 Å². The molecule has 1 amide bonds. The largest absolute Gasteiger partial charge is 0.483 e. The molecule has 7 heteroatoms. The van der Waals surface area contributed by atoms with Gasteiger partial charge < -0.3 is 10.1 Å². The van der Waals surface area contributed by atoms with Crippen molar-refractivity contribution < 1.29 is 17.9 Å². The highest BCUT2D eigenvalue weighted by Crippen LogP contribution is 2.20. The SMILES string of the molecule is CCN(CC)S(=O)(=O)c1ccc(NC(=O)COc2cc(C)ccc2C)cc1. The Labute approximate surface area is 161 Å². The van der Waals surface area contributed by atoms with Crippen molar-refractivity contribution in [3.05, 3.63) is 53.6 Å². The smallest absolute Gasteiger partial charge is 0.262 e. The molecule has 0 aliphatic carbocycles. The number of anilines is 1. The van der Waals surface area contributed by atoms with Gasteiger partial charge in [-0.05, 0) is 55.3 Å². The molecule has 0 spiro atoms. The number of rotatable bonds is 8. The first-order valence-electron chi connectivity index (χ1n) is 8.88. The molecular formula is C20H26N2O4S. The van der Waals surface area contributed by atoms with E-state index in [0.29, 0.717) is 24.5 Å². The quantitative estimate of drug-likeness (QED) is 0.750. The highest BCUT2D eigenvalue weighted by Gasteiger charge is 2.21. The zero-order valence-electron chi connectivity index (χ0n) is 16.2. The van der Waals surface area contributed by atoms with Crippen LogP contribution in [0, 0.1) is 13.8 Å². The first-order chi connectivity index (χ1) is 12.8. The molecule has 1 N–H and O–H groups in total. The number of amides is 1. The standard InChI is InChI=1S/C20H26N2O4S/c1-5-22(6-2)27(24,25)18-11-9-17(10-12-18)21-20(23)14-26-19-13-15(3)7-8-16(19)4/h7-13H,5-6,14H2,1-4H3,(H,21,23). The van der Waals surface area contributed by atoms with Gasteiger partial charge in [0.1, 0.15) is 5.75 Å². The Balaban J connectivity index is 2.00. The van der Waals surface area contributed by atoms with Crippen LogP contribution in [0.4, 0.5) is 5.69 Å². The molecule has 0 bridgehead atoms. The minimum absolute atomic E-state index is 0.121. The number of aryl methyl sites for hydroxylation is 2. The molecule has 0 atom stereocenters. The predicted molar refractivity (Wildman–Crippen MR) is 107 cm³/mol. The molecule has 0 saturated carbocycles. The maximum Gasteiger partial charge on any atom is 0.262 e. The van der Waals surface area contributed by atoms with Gasteiger partial charge in [-0.25, -0.2) is 8.42 Å². The summed E-state index contributed by atoms with van der Waals surface area (Å²) in [5.41, 5.74) is 2.53. The minimum atomic E-state index is -3.51. The molecular weight excluding hydrogens is 364 g/mol. The van der Waals surface area contributed by atoms with E-state index in [2.05, 4.69) is 5.32 Å². The third-order valence-electron chi connectivity index (χ3n) is 4.18. The summed E-state index contributed by atoms with van der Waals surface area (Å²) in [6, 6.07) is 11.9. The Morgan fingerprint density at radius 3 is 2.26 bits per heavy atom. The molecule has 0 unspecified atom stereocenters. The summed E-state index contributed by atoms with van der Waals surface area (Å²) in [6.07, 6.45) is 0. The van der Waals surface area contributed by atoms with Crippen molar-refractivity contribution in [3.63, 3.8) is 0 Å². The second-order valence-electron chi connectivity index (χ2n) is 6.22. The minimum Gasteiger partial charge on any atom is -0.483 e. The Bertz CT molecular complexity index is 889. The third kappa shape index (κ3) is 5.30. The van der Waals surface area contributed by atoms with E-state index in [9.17, 15) is 13.2 Å². The van der Waals surface area contributed by atoms with Crippen LogP contribution in [0.15, 0.2) is 47.4 Å². The van der Waals surface area contributed by atoms with Crippen molar-refractivity contribution in [3.8, 4) is 5.75 Å². The third-order valence-corrected chi connectivity index (χ3v) is 6.25. The molecule has 2 rings (SSSR count). The Kier molecular flexibility index (Phi) is 6.98. The Hall–Kier alpha value is -2.38. The van der Waals surface area contributed by atoms with Crippen molar-refractivity contribution in [1.82, 2.24) is 4.31 Å². The number of benzene rings is 2. The molecule has 0 aliphatic rings. The first-order valence-corrected chi connectivity index (χ1v) is 10.3.